The minimum Gasteiger partial charge on any atom is -0.480 e. The van der Waals surface area contributed by atoms with Crippen LogP contribution in [0.15, 0.2) is 48.7 Å². The largest absolute Gasteiger partial charge is 0.480 e. The molecule has 0 spiro atoms. The lowest BCUT2D eigenvalue weighted by atomic mass is 9.84. The molecule has 3 atom stereocenters. The van der Waals surface area contributed by atoms with Gasteiger partial charge in [-0.2, -0.15) is 0 Å². The molecule has 6 nitrogen and oxygen atoms in total. The van der Waals surface area contributed by atoms with Crippen LogP contribution in [0.4, 0.5) is 0 Å². The number of carboxylic acid groups (broad SMARTS) is 1. The van der Waals surface area contributed by atoms with Crippen LogP contribution in [0.1, 0.15) is 42.6 Å². The van der Waals surface area contributed by atoms with Crippen molar-refractivity contribution in [2.45, 2.75) is 44.2 Å². The van der Waals surface area contributed by atoms with E-state index in [1.54, 1.807) is 17.0 Å². The van der Waals surface area contributed by atoms with Crippen LogP contribution in [-0.2, 0) is 4.79 Å². The maximum absolute atomic E-state index is 13.2. The molecule has 0 radical (unpaired) electrons. The van der Waals surface area contributed by atoms with Crippen molar-refractivity contribution in [3.05, 3.63) is 54.4 Å². The minimum atomic E-state index is -0.936. The lowest BCUT2D eigenvalue weighted by Crippen LogP contribution is -2.46. The van der Waals surface area contributed by atoms with E-state index in [-0.39, 0.29) is 23.6 Å². The Morgan fingerprint density at radius 1 is 1.07 bits per heavy atom. The van der Waals surface area contributed by atoms with Crippen LogP contribution in [0.25, 0.3) is 0 Å². The van der Waals surface area contributed by atoms with Gasteiger partial charge in [0.2, 0.25) is 0 Å². The highest BCUT2D eigenvalue weighted by Gasteiger charge is 2.48. The van der Waals surface area contributed by atoms with E-state index in [2.05, 4.69) is 4.98 Å². The number of aliphatic carboxylic acids is 1. The molecule has 1 amide bonds. The Bertz CT molecular complexity index is 839. The third-order valence-corrected chi connectivity index (χ3v) is 5.54. The second-order valence-corrected chi connectivity index (χ2v) is 7.21. The molecule has 4 rings (SSSR count). The highest BCUT2D eigenvalue weighted by Crippen LogP contribution is 2.40. The summed E-state index contributed by atoms with van der Waals surface area (Å²) >= 11 is 0. The van der Waals surface area contributed by atoms with Crippen molar-refractivity contribution in [3.8, 4) is 11.5 Å². The number of pyridine rings is 1. The van der Waals surface area contributed by atoms with Crippen LogP contribution in [-0.4, -0.2) is 39.0 Å². The van der Waals surface area contributed by atoms with E-state index in [0.29, 0.717) is 17.9 Å². The Labute approximate surface area is 157 Å². The van der Waals surface area contributed by atoms with E-state index >= 15 is 0 Å². The molecule has 1 saturated carbocycles. The molecule has 3 unspecified atom stereocenters. The fraction of sp³-hybridized carbons (Fsp3) is 0.381. The highest BCUT2D eigenvalue weighted by molar-refractivity contribution is 5.96. The summed E-state index contributed by atoms with van der Waals surface area (Å²) in [7, 11) is 0. The number of hydrogen-bond donors (Lipinski definition) is 1. The number of ether oxygens (including phenoxy) is 1. The van der Waals surface area contributed by atoms with Crippen LogP contribution >= 0.6 is 0 Å². The first-order valence-corrected chi connectivity index (χ1v) is 9.38. The lowest BCUT2D eigenvalue weighted by Gasteiger charge is -2.32. The zero-order valence-electron chi connectivity index (χ0n) is 15.0. The van der Waals surface area contributed by atoms with Gasteiger partial charge in [0.15, 0.2) is 0 Å². The van der Waals surface area contributed by atoms with Gasteiger partial charge in [0.25, 0.3) is 5.91 Å². The van der Waals surface area contributed by atoms with E-state index in [1.165, 1.54) is 6.20 Å². The van der Waals surface area contributed by atoms with Crippen molar-refractivity contribution >= 4 is 11.9 Å². The predicted molar refractivity (Wildman–Crippen MR) is 98.7 cm³/mol. The molecule has 1 aromatic carbocycles. The summed E-state index contributed by atoms with van der Waals surface area (Å²) in [5.74, 6) is 0.183. The maximum Gasteiger partial charge on any atom is 0.326 e. The number of carbonyl (C=O) groups is 2. The van der Waals surface area contributed by atoms with E-state index in [1.807, 2.05) is 30.3 Å². The summed E-state index contributed by atoms with van der Waals surface area (Å²) in [5.41, 5.74) is 0.223. The van der Waals surface area contributed by atoms with Crippen LogP contribution in [0.5, 0.6) is 11.5 Å². The summed E-state index contributed by atoms with van der Waals surface area (Å²) in [4.78, 5) is 30.7. The molecule has 1 saturated heterocycles. The number of carbonyl (C=O) groups excluding carboxylic acids is 1. The number of aromatic nitrogens is 1. The molecule has 27 heavy (non-hydrogen) atoms. The molecule has 2 fully saturated rings. The number of hydrogen-bond acceptors (Lipinski definition) is 4. The molecule has 6 heteroatoms. The molecule has 1 aliphatic carbocycles. The van der Waals surface area contributed by atoms with Gasteiger partial charge >= 0.3 is 5.97 Å². The fourth-order valence-corrected chi connectivity index (χ4v) is 4.32. The molecular formula is C21H22N2O4. The van der Waals surface area contributed by atoms with Gasteiger partial charge in [-0.3, -0.25) is 9.78 Å². The second kappa shape index (κ2) is 7.39. The van der Waals surface area contributed by atoms with Crippen molar-refractivity contribution in [2.24, 2.45) is 5.92 Å². The standard InChI is InChI=1S/C21H22N2O4/c24-20(23-18-9-5-4-6-14(18)12-19(23)21(25)26)17-13-16(10-11-22-17)27-15-7-2-1-3-8-15/h1-3,7-8,10-11,13-14,18-19H,4-6,9,12H2,(H,25,26). The molecule has 1 N–H and O–H groups in total. The Kier molecular flexibility index (Phi) is 4.79. The molecule has 1 aliphatic heterocycles. The average molecular weight is 366 g/mol. The third-order valence-electron chi connectivity index (χ3n) is 5.54. The summed E-state index contributed by atoms with van der Waals surface area (Å²) in [5, 5.41) is 9.64. The van der Waals surface area contributed by atoms with Crippen molar-refractivity contribution in [1.29, 1.82) is 0 Å². The summed E-state index contributed by atoms with van der Waals surface area (Å²) in [6.45, 7) is 0. The minimum absolute atomic E-state index is 0.00662. The van der Waals surface area contributed by atoms with Gasteiger partial charge in [0.1, 0.15) is 23.2 Å². The Balaban J connectivity index is 1.59. The molecular weight excluding hydrogens is 344 g/mol. The molecule has 2 aliphatic rings. The number of nitrogens with zero attached hydrogens (tertiary/aromatic N) is 2. The smallest absolute Gasteiger partial charge is 0.326 e. The Morgan fingerprint density at radius 3 is 2.63 bits per heavy atom. The van der Waals surface area contributed by atoms with Crippen LogP contribution in [0, 0.1) is 5.92 Å². The SMILES string of the molecule is O=C(O)C1CC2CCCCC2N1C(=O)c1cc(Oc2ccccc2)ccn1. The first kappa shape index (κ1) is 17.5. The lowest BCUT2D eigenvalue weighted by molar-refractivity contribution is -0.141. The maximum atomic E-state index is 13.2. The van der Waals surface area contributed by atoms with Crippen molar-refractivity contribution < 1.29 is 19.4 Å². The van der Waals surface area contributed by atoms with Crippen LogP contribution < -0.4 is 4.74 Å². The topological polar surface area (TPSA) is 79.7 Å². The number of carboxylic acids is 1. The number of fused-ring (bicyclic) bond motifs is 1. The average Bonchev–Trinajstić information content (AvgIpc) is 3.08. The Hall–Kier alpha value is -2.89. The summed E-state index contributed by atoms with van der Waals surface area (Å²) in [6, 6.07) is 11.8. The second-order valence-electron chi connectivity index (χ2n) is 7.21. The first-order valence-electron chi connectivity index (χ1n) is 9.38. The van der Waals surface area contributed by atoms with Gasteiger partial charge in [-0.25, -0.2) is 4.79 Å². The van der Waals surface area contributed by atoms with Gasteiger partial charge in [-0.05, 0) is 43.4 Å². The van der Waals surface area contributed by atoms with Crippen molar-refractivity contribution in [1.82, 2.24) is 9.88 Å². The molecule has 2 aromatic rings. The van der Waals surface area contributed by atoms with Gasteiger partial charge in [0, 0.05) is 18.3 Å². The van der Waals surface area contributed by atoms with E-state index in [0.717, 1.165) is 25.7 Å². The van der Waals surface area contributed by atoms with Crippen LogP contribution in [0.3, 0.4) is 0 Å². The molecule has 2 heterocycles. The zero-order valence-corrected chi connectivity index (χ0v) is 15.0. The summed E-state index contributed by atoms with van der Waals surface area (Å²) < 4.78 is 5.79. The molecule has 1 aromatic heterocycles. The van der Waals surface area contributed by atoms with Gasteiger partial charge < -0.3 is 14.7 Å². The number of para-hydroxylation sites is 1. The number of amides is 1. The van der Waals surface area contributed by atoms with Crippen molar-refractivity contribution in [2.75, 3.05) is 0 Å². The fourth-order valence-electron chi connectivity index (χ4n) is 4.32. The normalized spacial score (nSPS) is 24.3. The van der Waals surface area contributed by atoms with E-state index in [9.17, 15) is 14.7 Å². The monoisotopic (exact) mass is 366 g/mol. The Morgan fingerprint density at radius 2 is 1.85 bits per heavy atom. The van der Waals surface area contributed by atoms with E-state index in [4.69, 9.17) is 4.74 Å². The molecule has 0 bridgehead atoms. The third kappa shape index (κ3) is 3.52. The van der Waals surface area contributed by atoms with Gasteiger partial charge in [0.05, 0.1) is 0 Å². The predicted octanol–water partition coefficient (Wildman–Crippen LogP) is 3.73. The van der Waals surface area contributed by atoms with Gasteiger partial charge in [-0.1, -0.05) is 31.0 Å². The number of likely N-dealkylation sites (tertiary alicyclic amines) is 1. The summed E-state index contributed by atoms with van der Waals surface area (Å²) in [6.07, 6.45) is 6.04. The van der Waals surface area contributed by atoms with E-state index < -0.39 is 12.0 Å². The first-order chi connectivity index (χ1) is 13.1. The highest BCUT2D eigenvalue weighted by atomic mass is 16.5. The van der Waals surface area contributed by atoms with Crippen LogP contribution in [0.2, 0.25) is 0 Å². The van der Waals surface area contributed by atoms with Crippen molar-refractivity contribution in [3.63, 3.8) is 0 Å². The quantitative estimate of drug-likeness (QED) is 0.892. The number of rotatable bonds is 4. The molecule has 140 valence electrons. The zero-order chi connectivity index (χ0) is 18.8. The number of benzene rings is 1. The van der Waals surface area contributed by atoms with Gasteiger partial charge in [-0.15, -0.1) is 0 Å².